The first-order valence-corrected chi connectivity index (χ1v) is 8.67. The molecule has 0 unspecified atom stereocenters. The third kappa shape index (κ3) is 3.52. The number of aromatic nitrogens is 1. The molecule has 4 rings (SSSR count). The van der Waals surface area contributed by atoms with Crippen LogP contribution in [0.5, 0.6) is 17.2 Å². The molecule has 0 aliphatic carbocycles. The zero-order chi connectivity index (χ0) is 17.1. The summed E-state index contributed by atoms with van der Waals surface area (Å²) in [6.07, 6.45) is 0. The molecule has 1 aromatic heterocycles. The number of anilines is 1. The van der Waals surface area contributed by atoms with Crippen molar-refractivity contribution in [2.75, 3.05) is 19.3 Å². The van der Waals surface area contributed by atoms with Gasteiger partial charge in [0.25, 0.3) is 0 Å². The molecule has 25 heavy (non-hydrogen) atoms. The van der Waals surface area contributed by atoms with Crippen LogP contribution >= 0.6 is 11.3 Å². The van der Waals surface area contributed by atoms with Gasteiger partial charge in [-0.1, -0.05) is 6.07 Å². The fourth-order valence-electron chi connectivity index (χ4n) is 2.50. The smallest absolute Gasteiger partial charge is 0.231 e. The molecule has 0 radical (unpaired) electrons. The molecule has 0 fully saturated rings. The van der Waals surface area contributed by atoms with E-state index in [1.165, 1.54) is 0 Å². The maximum Gasteiger partial charge on any atom is 0.231 e. The van der Waals surface area contributed by atoms with E-state index in [2.05, 4.69) is 15.8 Å². The number of nitrogens with zero attached hydrogens (tertiary/aromatic N) is 1. The number of methoxy groups -OCH3 is 1. The monoisotopic (exact) mass is 355 g/mol. The van der Waals surface area contributed by atoms with Crippen LogP contribution in [0.3, 0.4) is 0 Å². The third-order valence-corrected chi connectivity index (χ3v) is 4.57. The first-order valence-electron chi connectivity index (χ1n) is 7.79. The molecule has 3 aromatic rings. The van der Waals surface area contributed by atoms with Crippen molar-refractivity contribution in [3.8, 4) is 28.5 Å². The second-order valence-corrected chi connectivity index (χ2v) is 6.29. The summed E-state index contributed by atoms with van der Waals surface area (Å²) >= 11 is 1.55. The second kappa shape index (κ2) is 7.00. The summed E-state index contributed by atoms with van der Waals surface area (Å²) in [6.45, 7) is 0.936. The van der Waals surface area contributed by atoms with Gasteiger partial charge < -0.3 is 14.2 Å². The van der Waals surface area contributed by atoms with E-state index in [0.29, 0.717) is 6.54 Å². The summed E-state index contributed by atoms with van der Waals surface area (Å²) in [6, 6.07) is 13.8. The van der Waals surface area contributed by atoms with Gasteiger partial charge in [0.1, 0.15) is 5.75 Å². The van der Waals surface area contributed by atoms with Gasteiger partial charge in [-0.15, -0.1) is 11.3 Å². The highest BCUT2D eigenvalue weighted by Gasteiger charge is 2.13. The van der Waals surface area contributed by atoms with Crippen LogP contribution in [-0.2, 0) is 6.54 Å². The van der Waals surface area contributed by atoms with Gasteiger partial charge in [0.2, 0.25) is 6.79 Å². The minimum Gasteiger partial charge on any atom is -0.497 e. The van der Waals surface area contributed by atoms with Gasteiger partial charge in [0.05, 0.1) is 12.8 Å². The second-order valence-electron chi connectivity index (χ2n) is 5.43. The van der Waals surface area contributed by atoms with Crippen LogP contribution in [0.2, 0.25) is 0 Å². The number of hydrogen-bond acceptors (Lipinski definition) is 7. The van der Waals surface area contributed by atoms with Gasteiger partial charge in [-0.25, -0.2) is 10.4 Å². The highest BCUT2D eigenvalue weighted by atomic mass is 32.1. The highest BCUT2D eigenvalue weighted by molar-refractivity contribution is 7.14. The van der Waals surface area contributed by atoms with E-state index in [9.17, 15) is 0 Å². The molecule has 0 saturated heterocycles. The Bertz CT molecular complexity index is 864. The number of hydrazine groups is 1. The number of rotatable bonds is 6. The molecule has 0 amide bonds. The van der Waals surface area contributed by atoms with Gasteiger partial charge in [-0.3, -0.25) is 5.43 Å². The van der Waals surface area contributed by atoms with Crippen LogP contribution in [0, 0.1) is 0 Å². The molecule has 0 spiro atoms. The largest absolute Gasteiger partial charge is 0.497 e. The van der Waals surface area contributed by atoms with Crippen molar-refractivity contribution >= 4 is 16.5 Å². The fourth-order valence-corrected chi connectivity index (χ4v) is 3.19. The Kier molecular flexibility index (Phi) is 4.41. The molecule has 0 saturated carbocycles. The Hall–Kier alpha value is -2.77. The average molecular weight is 355 g/mol. The number of ether oxygens (including phenoxy) is 3. The van der Waals surface area contributed by atoms with Crippen molar-refractivity contribution in [1.82, 2.24) is 10.4 Å². The number of thiazole rings is 1. The van der Waals surface area contributed by atoms with E-state index in [0.717, 1.165) is 39.2 Å². The predicted octanol–water partition coefficient (Wildman–Crippen LogP) is 3.66. The van der Waals surface area contributed by atoms with E-state index in [1.807, 2.05) is 47.8 Å². The lowest BCUT2D eigenvalue weighted by molar-refractivity contribution is 0.174. The molecule has 2 heterocycles. The maximum atomic E-state index is 5.38. The SMILES string of the molecule is COc1ccc(-c2csc(NNCc3ccc4c(c3)OCO4)n2)cc1. The van der Waals surface area contributed by atoms with Gasteiger partial charge in [0.15, 0.2) is 16.6 Å². The summed E-state index contributed by atoms with van der Waals surface area (Å²) in [5.74, 6) is 2.42. The fraction of sp³-hybridized carbons (Fsp3) is 0.167. The molecule has 6 nitrogen and oxygen atoms in total. The van der Waals surface area contributed by atoms with E-state index >= 15 is 0 Å². The summed E-state index contributed by atoms with van der Waals surface area (Å²) in [5.41, 5.74) is 9.40. The molecular weight excluding hydrogens is 338 g/mol. The Labute approximate surface area is 149 Å². The average Bonchev–Trinajstić information content (AvgIpc) is 3.31. The van der Waals surface area contributed by atoms with E-state index < -0.39 is 0 Å². The molecule has 1 aliphatic rings. The summed E-state index contributed by atoms with van der Waals surface area (Å²) < 4.78 is 15.9. The lowest BCUT2D eigenvalue weighted by Crippen LogP contribution is -2.20. The molecule has 0 atom stereocenters. The van der Waals surface area contributed by atoms with E-state index in [1.54, 1.807) is 18.4 Å². The molecule has 7 heteroatoms. The maximum absolute atomic E-state index is 5.38. The topological polar surface area (TPSA) is 64.6 Å². The molecule has 2 aromatic carbocycles. The van der Waals surface area contributed by atoms with Crippen LogP contribution < -0.4 is 25.1 Å². The van der Waals surface area contributed by atoms with E-state index in [4.69, 9.17) is 14.2 Å². The van der Waals surface area contributed by atoms with Crippen molar-refractivity contribution < 1.29 is 14.2 Å². The number of benzene rings is 2. The zero-order valence-electron chi connectivity index (χ0n) is 13.6. The van der Waals surface area contributed by atoms with Crippen LogP contribution in [0.15, 0.2) is 47.8 Å². The zero-order valence-corrected chi connectivity index (χ0v) is 14.4. The minimum absolute atomic E-state index is 0.289. The standard InChI is InChI=1S/C18H17N3O3S/c1-22-14-5-3-13(4-6-14)15-10-25-18(20-15)21-19-9-12-2-7-16-17(8-12)24-11-23-16/h2-8,10,19H,9,11H2,1H3,(H,20,21). The van der Waals surface area contributed by atoms with Gasteiger partial charge in [-0.05, 0) is 42.0 Å². The third-order valence-electron chi connectivity index (χ3n) is 3.81. The molecule has 0 bridgehead atoms. The van der Waals surface area contributed by atoms with Crippen LogP contribution in [0.1, 0.15) is 5.56 Å². The minimum atomic E-state index is 0.289. The van der Waals surface area contributed by atoms with Gasteiger partial charge >= 0.3 is 0 Å². The molecule has 2 N–H and O–H groups in total. The first kappa shape index (κ1) is 15.7. The normalized spacial score (nSPS) is 12.2. The Balaban J connectivity index is 1.35. The van der Waals surface area contributed by atoms with Crippen molar-refractivity contribution in [3.63, 3.8) is 0 Å². The van der Waals surface area contributed by atoms with Crippen LogP contribution in [-0.4, -0.2) is 18.9 Å². The quantitative estimate of drug-likeness (QED) is 0.658. The van der Waals surface area contributed by atoms with Crippen molar-refractivity contribution in [2.45, 2.75) is 6.54 Å². The Morgan fingerprint density at radius 3 is 2.80 bits per heavy atom. The summed E-state index contributed by atoms with van der Waals surface area (Å²) in [5, 5.41) is 2.83. The first-order chi connectivity index (χ1) is 12.3. The highest BCUT2D eigenvalue weighted by Crippen LogP contribution is 2.32. The van der Waals surface area contributed by atoms with E-state index in [-0.39, 0.29) is 6.79 Å². The number of nitrogens with one attached hydrogen (secondary N) is 2. The van der Waals surface area contributed by atoms with Crippen molar-refractivity contribution in [1.29, 1.82) is 0 Å². The molecule has 1 aliphatic heterocycles. The van der Waals surface area contributed by atoms with Gasteiger partial charge in [-0.2, -0.15) is 0 Å². The Morgan fingerprint density at radius 2 is 1.96 bits per heavy atom. The Morgan fingerprint density at radius 1 is 1.12 bits per heavy atom. The van der Waals surface area contributed by atoms with Crippen LogP contribution in [0.25, 0.3) is 11.3 Å². The lowest BCUT2D eigenvalue weighted by atomic mass is 10.2. The van der Waals surface area contributed by atoms with Crippen LogP contribution in [0.4, 0.5) is 5.13 Å². The predicted molar refractivity (Wildman–Crippen MR) is 97.1 cm³/mol. The number of hydrogen-bond donors (Lipinski definition) is 2. The summed E-state index contributed by atoms with van der Waals surface area (Å²) in [7, 11) is 1.66. The lowest BCUT2D eigenvalue weighted by Gasteiger charge is -2.06. The van der Waals surface area contributed by atoms with Gasteiger partial charge in [0, 0.05) is 17.5 Å². The van der Waals surface area contributed by atoms with Crippen molar-refractivity contribution in [3.05, 3.63) is 53.4 Å². The summed E-state index contributed by atoms with van der Waals surface area (Å²) in [4.78, 5) is 4.58. The molecule has 128 valence electrons. The number of fused-ring (bicyclic) bond motifs is 1. The van der Waals surface area contributed by atoms with Crippen molar-refractivity contribution in [2.24, 2.45) is 0 Å². The molecular formula is C18H17N3O3S.